The van der Waals surface area contributed by atoms with Crippen molar-refractivity contribution < 1.29 is 9.59 Å². The molecule has 0 aliphatic carbocycles. The molecule has 0 atom stereocenters. The molecule has 0 unspecified atom stereocenters. The number of carbonyl (C=O) groups excluding carboxylic acids is 2. The molecule has 0 saturated carbocycles. The minimum absolute atomic E-state index is 0.0828. The Balaban J connectivity index is 2.28. The van der Waals surface area contributed by atoms with E-state index < -0.39 is 0 Å². The number of carbonyl (C=O) groups is 2. The van der Waals surface area contributed by atoms with Crippen LogP contribution in [0, 0.1) is 0 Å². The first-order chi connectivity index (χ1) is 7.63. The molecular weight excluding hydrogens is 228 g/mol. The number of amides is 2. The summed E-state index contributed by atoms with van der Waals surface area (Å²) in [6, 6.07) is 0. The third-order valence-corrected chi connectivity index (χ3v) is 2.44. The average molecular weight is 242 g/mol. The summed E-state index contributed by atoms with van der Waals surface area (Å²) in [7, 11) is 0. The number of nitrogens with two attached hydrogens (primary N) is 1. The molecule has 6 nitrogen and oxygen atoms in total. The van der Waals surface area contributed by atoms with E-state index in [2.05, 4.69) is 15.6 Å². The average Bonchev–Trinajstić information content (AvgIpc) is 2.65. The monoisotopic (exact) mass is 242 g/mol. The number of rotatable bonds is 5. The van der Waals surface area contributed by atoms with E-state index in [1.54, 1.807) is 5.38 Å². The van der Waals surface area contributed by atoms with E-state index in [1.807, 2.05) is 6.92 Å². The molecule has 0 bridgehead atoms. The number of nitrogens with zero attached hydrogens (tertiary/aromatic N) is 1. The molecule has 0 aromatic carbocycles. The first kappa shape index (κ1) is 12.4. The predicted molar refractivity (Wildman–Crippen MR) is 62.2 cm³/mol. The molecule has 1 heterocycles. The maximum absolute atomic E-state index is 11.4. The smallest absolute Gasteiger partial charge is 0.270 e. The minimum atomic E-state index is -0.308. The van der Waals surface area contributed by atoms with Crippen molar-refractivity contribution in [2.24, 2.45) is 0 Å². The molecule has 7 heteroatoms. The lowest BCUT2D eigenvalue weighted by atomic mass is 10.3. The highest BCUT2D eigenvalue weighted by Crippen LogP contribution is 2.10. The summed E-state index contributed by atoms with van der Waals surface area (Å²) >= 11 is 1.21. The number of hydrogen-bond donors (Lipinski definition) is 3. The van der Waals surface area contributed by atoms with Gasteiger partial charge in [0.25, 0.3) is 5.91 Å². The van der Waals surface area contributed by atoms with Crippen molar-refractivity contribution >= 4 is 28.3 Å². The normalized spacial score (nSPS) is 9.81. The van der Waals surface area contributed by atoms with Crippen molar-refractivity contribution in [3.63, 3.8) is 0 Å². The Hall–Kier alpha value is -1.63. The zero-order valence-corrected chi connectivity index (χ0v) is 9.76. The van der Waals surface area contributed by atoms with Gasteiger partial charge >= 0.3 is 0 Å². The molecule has 88 valence electrons. The highest BCUT2D eigenvalue weighted by molar-refractivity contribution is 7.13. The van der Waals surface area contributed by atoms with E-state index >= 15 is 0 Å². The molecule has 0 radical (unpaired) electrons. The summed E-state index contributed by atoms with van der Waals surface area (Å²) < 4.78 is 0. The fraction of sp³-hybridized carbons (Fsp3) is 0.444. The van der Waals surface area contributed by atoms with Crippen LogP contribution >= 0.6 is 11.3 Å². The van der Waals surface area contributed by atoms with Crippen LogP contribution in [-0.4, -0.2) is 29.9 Å². The van der Waals surface area contributed by atoms with Crippen molar-refractivity contribution in [1.29, 1.82) is 0 Å². The van der Waals surface area contributed by atoms with Gasteiger partial charge in [0.05, 0.1) is 0 Å². The fourth-order valence-electron chi connectivity index (χ4n) is 1.06. The Morgan fingerprint density at radius 3 is 2.81 bits per heavy atom. The summed E-state index contributed by atoms with van der Waals surface area (Å²) in [5.74, 6) is -0.391. The molecule has 0 spiro atoms. The summed E-state index contributed by atoms with van der Waals surface area (Å²) in [6.07, 6.45) is 0.263. The molecule has 1 aromatic rings. The quantitative estimate of drug-likeness (QED) is 0.676. The Morgan fingerprint density at radius 1 is 1.50 bits per heavy atom. The fourth-order valence-corrected chi connectivity index (χ4v) is 1.60. The largest absolute Gasteiger partial charge is 0.375 e. The molecule has 0 aliphatic rings. The first-order valence-corrected chi connectivity index (χ1v) is 5.77. The lowest BCUT2D eigenvalue weighted by molar-refractivity contribution is -0.120. The molecule has 2 amide bonds. The maximum Gasteiger partial charge on any atom is 0.270 e. The van der Waals surface area contributed by atoms with Crippen molar-refractivity contribution in [1.82, 2.24) is 15.6 Å². The number of hydrogen-bond acceptors (Lipinski definition) is 5. The zero-order valence-electron chi connectivity index (χ0n) is 8.95. The van der Waals surface area contributed by atoms with E-state index in [0.717, 1.165) is 0 Å². The van der Waals surface area contributed by atoms with Gasteiger partial charge in [0.2, 0.25) is 5.91 Å². The van der Waals surface area contributed by atoms with Crippen LogP contribution in [0.3, 0.4) is 0 Å². The van der Waals surface area contributed by atoms with Gasteiger partial charge < -0.3 is 16.4 Å². The van der Waals surface area contributed by atoms with Gasteiger partial charge in [0, 0.05) is 24.9 Å². The summed E-state index contributed by atoms with van der Waals surface area (Å²) in [5, 5.41) is 7.17. The van der Waals surface area contributed by atoms with Gasteiger partial charge in [0.1, 0.15) is 5.69 Å². The standard InChI is InChI=1S/C9H14N4O2S/c1-2-11-7(14)3-4-12-8(15)6-5-16-9(10)13-6/h5H,2-4H2,1H3,(H2,10,13)(H,11,14)(H,12,15). The van der Waals surface area contributed by atoms with E-state index in [-0.39, 0.29) is 18.2 Å². The molecule has 1 aromatic heterocycles. The predicted octanol–water partition coefficient (Wildman–Crippen LogP) is -0.0187. The SMILES string of the molecule is CCNC(=O)CCNC(=O)c1csc(N)n1. The molecule has 0 saturated heterocycles. The number of thiazole rings is 1. The van der Waals surface area contributed by atoms with Gasteiger partial charge in [-0.1, -0.05) is 0 Å². The summed E-state index contributed by atoms with van der Waals surface area (Å²) in [6.45, 7) is 2.73. The Bertz CT molecular complexity index is 377. The Labute approximate surface area is 97.2 Å². The van der Waals surface area contributed by atoms with Crippen LogP contribution in [0.25, 0.3) is 0 Å². The lowest BCUT2D eigenvalue weighted by Crippen LogP contribution is -2.30. The van der Waals surface area contributed by atoms with Crippen molar-refractivity contribution in [2.75, 3.05) is 18.8 Å². The third-order valence-electron chi connectivity index (χ3n) is 1.77. The van der Waals surface area contributed by atoms with Gasteiger partial charge in [0.15, 0.2) is 5.13 Å². The lowest BCUT2D eigenvalue weighted by Gasteiger charge is -2.03. The highest BCUT2D eigenvalue weighted by Gasteiger charge is 2.09. The van der Waals surface area contributed by atoms with Crippen LogP contribution in [0.15, 0.2) is 5.38 Å². The number of aromatic nitrogens is 1. The van der Waals surface area contributed by atoms with Gasteiger partial charge in [-0.05, 0) is 6.92 Å². The minimum Gasteiger partial charge on any atom is -0.375 e. The Morgan fingerprint density at radius 2 is 2.25 bits per heavy atom. The van der Waals surface area contributed by atoms with E-state index in [4.69, 9.17) is 5.73 Å². The van der Waals surface area contributed by atoms with Gasteiger partial charge in [-0.25, -0.2) is 4.98 Å². The second-order valence-corrected chi connectivity index (χ2v) is 3.92. The number of nitrogens with one attached hydrogen (secondary N) is 2. The van der Waals surface area contributed by atoms with Crippen LogP contribution in [0.5, 0.6) is 0 Å². The first-order valence-electron chi connectivity index (χ1n) is 4.89. The van der Waals surface area contributed by atoms with E-state index in [0.29, 0.717) is 23.9 Å². The molecular formula is C9H14N4O2S. The van der Waals surface area contributed by atoms with E-state index in [9.17, 15) is 9.59 Å². The maximum atomic E-state index is 11.4. The van der Waals surface area contributed by atoms with Crippen molar-refractivity contribution in [2.45, 2.75) is 13.3 Å². The van der Waals surface area contributed by atoms with Crippen molar-refractivity contribution in [3.8, 4) is 0 Å². The Kier molecular flexibility index (Phi) is 4.71. The highest BCUT2D eigenvalue weighted by atomic mass is 32.1. The van der Waals surface area contributed by atoms with Gasteiger partial charge in [-0.3, -0.25) is 9.59 Å². The van der Waals surface area contributed by atoms with Crippen LogP contribution < -0.4 is 16.4 Å². The van der Waals surface area contributed by atoms with Gasteiger partial charge in [-0.2, -0.15) is 0 Å². The van der Waals surface area contributed by atoms with Crippen LogP contribution in [-0.2, 0) is 4.79 Å². The molecule has 1 rings (SSSR count). The number of nitrogen functional groups attached to an aromatic ring is 1. The molecule has 0 fully saturated rings. The third kappa shape index (κ3) is 3.85. The molecule has 4 N–H and O–H groups in total. The zero-order chi connectivity index (χ0) is 12.0. The van der Waals surface area contributed by atoms with Crippen LogP contribution in [0.4, 0.5) is 5.13 Å². The number of anilines is 1. The van der Waals surface area contributed by atoms with Crippen LogP contribution in [0.1, 0.15) is 23.8 Å². The molecule has 16 heavy (non-hydrogen) atoms. The van der Waals surface area contributed by atoms with Crippen molar-refractivity contribution in [3.05, 3.63) is 11.1 Å². The van der Waals surface area contributed by atoms with Crippen LogP contribution in [0.2, 0.25) is 0 Å². The van der Waals surface area contributed by atoms with E-state index in [1.165, 1.54) is 11.3 Å². The second-order valence-electron chi connectivity index (χ2n) is 3.03. The second kappa shape index (κ2) is 6.06. The summed E-state index contributed by atoms with van der Waals surface area (Å²) in [4.78, 5) is 26.3. The van der Waals surface area contributed by atoms with Gasteiger partial charge in [-0.15, -0.1) is 11.3 Å². The topological polar surface area (TPSA) is 97.1 Å². The molecule has 0 aliphatic heterocycles. The summed E-state index contributed by atoms with van der Waals surface area (Å²) in [5.41, 5.74) is 5.69.